The van der Waals surface area contributed by atoms with Gasteiger partial charge in [-0.3, -0.25) is 4.79 Å². The van der Waals surface area contributed by atoms with Crippen LogP contribution >= 0.6 is 11.6 Å². The van der Waals surface area contributed by atoms with E-state index in [1.54, 1.807) is 0 Å². The third kappa shape index (κ3) is 4.62. The highest BCUT2D eigenvalue weighted by molar-refractivity contribution is 6.30. The fourth-order valence-electron chi connectivity index (χ4n) is 3.48. The molecular formula is C21H24ClNO2. The van der Waals surface area contributed by atoms with Gasteiger partial charge in [-0.05, 0) is 42.0 Å². The van der Waals surface area contributed by atoms with Crippen LogP contribution in [-0.4, -0.2) is 35.6 Å². The first kappa shape index (κ1) is 18.0. The average molecular weight is 358 g/mol. The van der Waals surface area contributed by atoms with E-state index in [1.165, 1.54) is 0 Å². The average Bonchev–Trinajstić information content (AvgIpc) is 2.67. The molecule has 1 aliphatic heterocycles. The highest BCUT2D eigenvalue weighted by Gasteiger charge is 2.25. The molecule has 0 spiro atoms. The molecule has 3 nitrogen and oxygen atoms in total. The summed E-state index contributed by atoms with van der Waals surface area (Å²) >= 11 is 6.02. The molecule has 0 radical (unpaired) electrons. The third-order valence-electron chi connectivity index (χ3n) is 5.08. The maximum atomic E-state index is 12.9. The minimum Gasteiger partial charge on any atom is -0.396 e. The van der Waals surface area contributed by atoms with Crippen molar-refractivity contribution in [1.29, 1.82) is 0 Å². The van der Waals surface area contributed by atoms with Crippen LogP contribution in [0.25, 0.3) is 0 Å². The molecule has 1 saturated heterocycles. The SMILES string of the molecule is O=C(C[C@H](c1ccccc1)c1ccc(Cl)cc1)N1CCC(CO)CC1. The van der Waals surface area contributed by atoms with Crippen LogP contribution in [0.5, 0.6) is 0 Å². The summed E-state index contributed by atoms with van der Waals surface area (Å²) in [5.41, 5.74) is 2.25. The molecule has 1 fully saturated rings. The molecule has 0 saturated carbocycles. The number of likely N-dealkylation sites (tertiary alicyclic amines) is 1. The number of aliphatic hydroxyl groups is 1. The van der Waals surface area contributed by atoms with Crippen molar-refractivity contribution in [2.45, 2.75) is 25.2 Å². The monoisotopic (exact) mass is 357 g/mol. The molecule has 1 N–H and O–H groups in total. The molecule has 1 amide bonds. The molecule has 132 valence electrons. The highest BCUT2D eigenvalue weighted by atomic mass is 35.5. The summed E-state index contributed by atoms with van der Waals surface area (Å²) in [6.45, 7) is 1.71. The molecule has 4 heteroatoms. The van der Waals surface area contributed by atoms with Gasteiger partial charge in [0.2, 0.25) is 5.91 Å². The van der Waals surface area contributed by atoms with Gasteiger partial charge in [0.25, 0.3) is 0 Å². The Morgan fingerprint density at radius 1 is 1.04 bits per heavy atom. The molecule has 0 aliphatic carbocycles. The Bertz CT molecular complexity index is 679. The first-order valence-corrected chi connectivity index (χ1v) is 9.24. The Kier molecular flexibility index (Phi) is 6.11. The van der Waals surface area contributed by atoms with E-state index in [-0.39, 0.29) is 18.4 Å². The maximum Gasteiger partial charge on any atom is 0.223 e. The molecule has 1 heterocycles. The van der Waals surface area contributed by atoms with Gasteiger partial charge in [-0.25, -0.2) is 0 Å². The topological polar surface area (TPSA) is 40.5 Å². The molecular weight excluding hydrogens is 334 g/mol. The number of halogens is 1. The van der Waals surface area contributed by atoms with Gasteiger partial charge in [-0.15, -0.1) is 0 Å². The Labute approximate surface area is 154 Å². The van der Waals surface area contributed by atoms with Gasteiger partial charge in [-0.2, -0.15) is 0 Å². The maximum absolute atomic E-state index is 12.9. The second-order valence-corrected chi connectivity index (χ2v) is 7.16. The van der Waals surface area contributed by atoms with Gasteiger partial charge in [0.05, 0.1) is 0 Å². The lowest BCUT2D eigenvalue weighted by molar-refractivity contribution is -0.133. The zero-order valence-corrected chi connectivity index (χ0v) is 15.0. The first-order chi connectivity index (χ1) is 12.2. The Morgan fingerprint density at radius 2 is 1.64 bits per heavy atom. The van der Waals surface area contributed by atoms with Crippen LogP contribution in [-0.2, 0) is 4.79 Å². The number of hydrogen-bond acceptors (Lipinski definition) is 2. The molecule has 1 atom stereocenters. The van der Waals surface area contributed by atoms with E-state index in [0.29, 0.717) is 17.4 Å². The summed E-state index contributed by atoms with van der Waals surface area (Å²) in [5, 5.41) is 9.97. The number of benzene rings is 2. The van der Waals surface area contributed by atoms with Gasteiger partial charge < -0.3 is 10.0 Å². The number of aliphatic hydroxyl groups excluding tert-OH is 1. The molecule has 25 heavy (non-hydrogen) atoms. The van der Waals surface area contributed by atoms with Gasteiger partial charge in [-0.1, -0.05) is 54.1 Å². The van der Waals surface area contributed by atoms with E-state index in [1.807, 2.05) is 47.4 Å². The third-order valence-corrected chi connectivity index (χ3v) is 5.33. The zero-order chi connectivity index (χ0) is 17.6. The fraction of sp³-hybridized carbons (Fsp3) is 0.381. The number of amides is 1. The van der Waals surface area contributed by atoms with Gasteiger partial charge in [0.1, 0.15) is 0 Å². The second-order valence-electron chi connectivity index (χ2n) is 6.73. The summed E-state index contributed by atoms with van der Waals surface area (Å²) in [7, 11) is 0. The molecule has 2 aromatic rings. The Morgan fingerprint density at radius 3 is 2.24 bits per heavy atom. The number of carbonyl (C=O) groups is 1. The minimum absolute atomic E-state index is 0.0292. The summed E-state index contributed by atoms with van der Waals surface area (Å²) in [4.78, 5) is 14.8. The van der Waals surface area contributed by atoms with Crippen molar-refractivity contribution >= 4 is 17.5 Å². The van der Waals surface area contributed by atoms with Crippen molar-refractivity contribution in [1.82, 2.24) is 4.90 Å². The quantitative estimate of drug-likeness (QED) is 0.875. The van der Waals surface area contributed by atoms with Crippen molar-refractivity contribution < 1.29 is 9.90 Å². The highest BCUT2D eigenvalue weighted by Crippen LogP contribution is 2.30. The number of hydrogen-bond donors (Lipinski definition) is 1. The van der Waals surface area contributed by atoms with Crippen molar-refractivity contribution in [2.75, 3.05) is 19.7 Å². The molecule has 0 aromatic heterocycles. The standard InChI is InChI=1S/C21H24ClNO2/c22-19-8-6-18(7-9-19)20(17-4-2-1-3-5-17)14-21(25)23-12-10-16(15-24)11-13-23/h1-9,16,20,24H,10-15H2/t20-/m1/s1. The lowest BCUT2D eigenvalue weighted by Crippen LogP contribution is -2.39. The van der Waals surface area contributed by atoms with Crippen LogP contribution in [0.1, 0.15) is 36.3 Å². The van der Waals surface area contributed by atoms with Crippen molar-refractivity contribution in [3.63, 3.8) is 0 Å². The number of rotatable bonds is 5. The van der Waals surface area contributed by atoms with Gasteiger partial charge >= 0.3 is 0 Å². The van der Waals surface area contributed by atoms with E-state index < -0.39 is 0 Å². The normalized spacial score (nSPS) is 16.6. The second kappa shape index (κ2) is 8.50. The molecule has 2 aromatic carbocycles. The van der Waals surface area contributed by atoms with Gasteiger partial charge in [0, 0.05) is 37.1 Å². The zero-order valence-electron chi connectivity index (χ0n) is 14.3. The fourth-order valence-corrected chi connectivity index (χ4v) is 3.60. The van der Waals surface area contributed by atoms with Crippen molar-refractivity contribution in [2.24, 2.45) is 5.92 Å². The number of carbonyl (C=O) groups excluding carboxylic acids is 1. The predicted molar refractivity (Wildman–Crippen MR) is 101 cm³/mol. The van der Waals surface area contributed by atoms with E-state index in [0.717, 1.165) is 37.1 Å². The minimum atomic E-state index is 0.0292. The summed E-state index contributed by atoms with van der Waals surface area (Å²) in [6.07, 6.45) is 2.23. The van der Waals surface area contributed by atoms with Crippen LogP contribution in [0, 0.1) is 5.92 Å². The van der Waals surface area contributed by atoms with E-state index >= 15 is 0 Å². The van der Waals surface area contributed by atoms with E-state index in [9.17, 15) is 9.90 Å². The van der Waals surface area contributed by atoms with Crippen LogP contribution in [0.2, 0.25) is 5.02 Å². The lowest BCUT2D eigenvalue weighted by atomic mass is 9.87. The molecule has 0 unspecified atom stereocenters. The first-order valence-electron chi connectivity index (χ1n) is 8.86. The number of nitrogens with zero attached hydrogens (tertiary/aromatic N) is 1. The van der Waals surface area contributed by atoms with Crippen LogP contribution < -0.4 is 0 Å². The van der Waals surface area contributed by atoms with Crippen molar-refractivity contribution in [3.8, 4) is 0 Å². The predicted octanol–water partition coefficient (Wildman–Crippen LogP) is 4.09. The lowest BCUT2D eigenvalue weighted by Gasteiger charge is -2.32. The van der Waals surface area contributed by atoms with Crippen LogP contribution in [0.3, 0.4) is 0 Å². The summed E-state index contributed by atoms with van der Waals surface area (Å²) in [5.74, 6) is 0.548. The van der Waals surface area contributed by atoms with Crippen LogP contribution in [0.4, 0.5) is 0 Å². The van der Waals surface area contributed by atoms with E-state index in [2.05, 4.69) is 12.1 Å². The molecule has 3 rings (SSSR count). The Balaban J connectivity index is 1.76. The van der Waals surface area contributed by atoms with E-state index in [4.69, 9.17) is 11.6 Å². The van der Waals surface area contributed by atoms with Crippen molar-refractivity contribution in [3.05, 3.63) is 70.7 Å². The van der Waals surface area contributed by atoms with Crippen LogP contribution in [0.15, 0.2) is 54.6 Å². The smallest absolute Gasteiger partial charge is 0.223 e. The van der Waals surface area contributed by atoms with Gasteiger partial charge in [0.15, 0.2) is 0 Å². The molecule has 1 aliphatic rings. The summed E-state index contributed by atoms with van der Waals surface area (Å²) < 4.78 is 0. The summed E-state index contributed by atoms with van der Waals surface area (Å²) in [6, 6.07) is 17.9. The largest absolute Gasteiger partial charge is 0.396 e. The number of piperidine rings is 1. The molecule has 0 bridgehead atoms. The Hall–Kier alpha value is -1.84.